The van der Waals surface area contributed by atoms with Crippen molar-refractivity contribution in [1.29, 1.82) is 0 Å². The molecule has 3 fully saturated rings. The molecule has 2 heterocycles. The quantitative estimate of drug-likeness (QED) is 0.254. The Kier molecular flexibility index (Phi) is 9.17. The molecular formula is C29H48N6O6. The summed E-state index contributed by atoms with van der Waals surface area (Å²) in [4.78, 5) is 66.7. The third-order valence-corrected chi connectivity index (χ3v) is 7.98. The van der Waals surface area contributed by atoms with E-state index >= 15 is 0 Å². The molecule has 2 aliphatic heterocycles. The van der Waals surface area contributed by atoms with E-state index in [-0.39, 0.29) is 35.7 Å². The van der Waals surface area contributed by atoms with Gasteiger partial charge in [-0.05, 0) is 78.2 Å². The van der Waals surface area contributed by atoms with Crippen LogP contribution in [-0.4, -0.2) is 88.0 Å². The molecule has 6 atom stereocenters. The number of fused-ring (bicyclic) bond motifs is 1. The second kappa shape index (κ2) is 11.6. The molecule has 0 radical (unpaired) electrons. The van der Waals surface area contributed by atoms with Crippen LogP contribution in [0.1, 0.15) is 75.2 Å². The normalized spacial score (nSPS) is 26.3. The van der Waals surface area contributed by atoms with E-state index in [0.717, 1.165) is 11.1 Å². The standard InChI is InChI=1S/C29H48N6O6/c1-11-20(37)35(14-17-12-13-19(36)30-17)33-24(38)23-21-18(29(21,9)10)15-34(23)25(39)22(16(2)41-28(6,7)8)31-26(40)32-27(3,4)5/h11,16-18,21-23H,1,12-15H2,2-10H3,(H,30,36)(H,33,38)(H2,31,32,40)/t16-,17?,18+,21+,22+,23+/m1/s1. The maximum absolute atomic E-state index is 14.1. The molecule has 1 unspecified atom stereocenters. The van der Waals surface area contributed by atoms with E-state index in [0.29, 0.717) is 19.4 Å². The van der Waals surface area contributed by atoms with E-state index < -0.39 is 53.1 Å². The van der Waals surface area contributed by atoms with Crippen LogP contribution >= 0.6 is 0 Å². The zero-order valence-corrected chi connectivity index (χ0v) is 25.9. The van der Waals surface area contributed by atoms with E-state index in [1.54, 1.807) is 6.92 Å². The number of hydrogen-bond donors (Lipinski definition) is 4. The first kappa shape index (κ1) is 32.4. The van der Waals surface area contributed by atoms with Crippen LogP contribution in [0.4, 0.5) is 4.79 Å². The number of carbonyl (C=O) groups excluding carboxylic acids is 5. The minimum atomic E-state index is -1.06. The van der Waals surface area contributed by atoms with Crippen LogP contribution in [0.15, 0.2) is 12.7 Å². The smallest absolute Gasteiger partial charge is 0.315 e. The summed E-state index contributed by atoms with van der Waals surface area (Å²) in [6.45, 7) is 20.9. The van der Waals surface area contributed by atoms with Crippen LogP contribution in [0.5, 0.6) is 0 Å². The number of piperidine rings is 1. The Balaban J connectivity index is 1.86. The minimum Gasteiger partial charge on any atom is -0.370 e. The molecule has 230 valence electrons. The monoisotopic (exact) mass is 576 g/mol. The average molecular weight is 577 g/mol. The fourth-order valence-corrected chi connectivity index (χ4v) is 6.05. The molecule has 0 bridgehead atoms. The van der Waals surface area contributed by atoms with Crippen molar-refractivity contribution in [2.75, 3.05) is 13.1 Å². The highest BCUT2D eigenvalue weighted by Crippen LogP contribution is 2.64. The van der Waals surface area contributed by atoms with Crippen molar-refractivity contribution >= 4 is 29.7 Å². The minimum absolute atomic E-state index is 0.0775. The van der Waals surface area contributed by atoms with Gasteiger partial charge in [-0.3, -0.25) is 24.6 Å². The number of nitrogens with zero attached hydrogens (tertiary/aromatic N) is 2. The molecule has 3 rings (SSSR count). The van der Waals surface area contributed by atoms with Gasteiger partial charge in [-0.15, -0.1) is 0 Å². The van der Waals surface area contributed by atoms with Crippen LogP contribution in [0, 0.1) is 17.3 Å². The van der Waals surface area contributed by atoms with Gasteiger partial charge >= 0.3 is 6.03 Å². The van der Waals surface area contributed by atoms with Crippen LogP contribution in [-0.2, 0) is 23.9 Å². The van der Waals surface area contributed by atoms with Crippen molar-refractivity contribution in [3.05, 3.63) is 12.7 Å². The maximum Gasteiger partial charge on any atom is 0.315 e. The van der Waals surface area contributed by atoms with Gasteiger partial charge in [-0.2, -0.15) is 0 Å². The topological polar surface area (TPSA) is 149 Å². The number of hydrogen-bond acceptors (Lipinski definition) is 6. The molecule has 1 aliphatic carbocycles. The molecule has 0 aromatic rings. The fourth-order valence-electron chi connectivity index (χ4n) is 6.05. The second-order valence-electron chi connectivity index (χ2n) is 14.1. The third kappa shape index (κ3) is 7.78. The molecule has 2 saturated heterocycles. The molecule has 1 saturated carbocycles. The van der Waals surface area contributed by atoms with Gasteiger partial charge in [0.25, 0.3) is 11.8 Å². The van der Waals surface area contributed by atoms with Crippen molar-refractivity contribution in [1.82, 2.24) is 31.3 Å². The van der Waals surface area contributed by atoms with Crippen molar-refractivity contribution in [2.45, 2.75) is 111 Å². The highest BCUT2D eigenvalue weighted by Gasteiger charge is 2.69. The summed E-state index contributed by atoms with van der Waals surface area (Å²) in [5, 5.41) is 9.56. The van der Waals surface area contributed by atoms with Crippen LogP contribution < -0.4 is 21.4 Å². The van der Waals surface area contributed by atoms with Crippen LogP contribution in [0.2, 0.25) is 0 Å². The summed E-state index contributed by atoms with van der Waals surface area (Å²) in [6.07, 6.45) is 1.28. The summed E-state index contributed by atoms with van der Waals surface area (Å²) >= 11 is 0. The second-order valence-corrected chi connectivity index (χ2v) is 14.1. The number of amides is 6. The summed E-state index contributed by atoms with van der Waals surface area (Å²) in [6, 6.07) is -2.75. The highest BCUT2D eigenvalue weighted by molar-refractivity contribution is 5.95. The van der Waals surface area contributed by atoms with Crippen LogP contribution in [0.3, 0.4) is 0 Å². The predicted octanol–water partition coefficient (Wildman–Crippen LogP) is 1.46. The first-order chi connectivity index (χ1) is 18.7. The lowest BCUT2D eigenvalue weighted by Gasteiger charge is -2.37. The number of rotatable bonds is 8. The average Bonchev–Trinajstić information content (AvgIpc) is 3.17. The van der Waals surface area contributed by atoms with Gasteiger partial charge in [0.05, 0.1) is 18.2 Å². The fraction of sp³-hybridized carbons (Fsp3) is 0.759. The lowest BCUT2D eigenvalue weighted by atomic mass is 9.99. The number of ether oxygens (including phenoxy) is 1. The molecule has 12 nitrogen and oxygen atoms in total. The first-order valence-corrected chi connectivity index (χ1v) is 14.4. The summed E-state index contributed by atoms with van der Waals surface area (Å²) in [7, 11) is 0. The van der Waals surface area contributed by atoms with Crippen molar-refractivity contribution in [2.24, 2.45) is 17.3 Å². The molecule has 0 aromatic carbocycles. The Hall–Kier alpha value is -3.15. The van der Waals surface area contributed by atoms with Crippen LogP contribution in [0.25, 0.3) is 0 Å². The van der Waals surface area contributed by atoms with Gasteiger partial charge in [0.2, 0.25) is 11.8 Å². The Morgan fingerprint density at radius 2 is 1.83 bits per heavy atom. The molecule has 0 spiro atoms. The maximum atomic E-state index is 14.1. The van der Waals surface area contributed by atoms with Crippen molar-refractivity contribution < 1.29 is 28.7 Å². The highest BCUT2D eigenvalue weighted by atomic mass is 16.5. The van der Waals surface area contributed by atoms with Gasteiger partial charge in [0.1, 0.15) is 12.1 Å². The molecule has 3 aliphatic rings. The lowest BCUT2D eigenvalue weighted by Crippen LogP contribution is -2.63. The molecule has 0 aromatic heterocycles. The SMILES string of the molecule is C=CC(=O)N(CC1CCC(=O)N1)NC(=O)[C@@H]1[C@@H]2[C@H](CN1C(=O)[C@@H](NC(=O)NC(C)(C)C)[C@@H](C)OC(C)(C)C)C2(C)C. The Morgan fingerprint density at radius 1 is 1.20 bits per heavy atom. The number of urea groups is 1. The Bertz CT molecular complexity index is 1080. The number of nitrogens with one attached hydrogen (secondary N) is 4. The lowest BCUT2D eigenvalue weighted by molar-refractivity contribution is -0.150. The molecular weight excluding hydrogens is 528 g/mol. The van der Waals surface area contributed by atoms with E-state index in [4.69, 9.17) is 4.74 Å². The number of likely N-dealkylation sites (tertiary alicyclic amines) is 1. The molecule has 12 heteroatoms. The zero-order valence-electron chi connectivity index (χ0n) is 25.9. The van der Waals surface area contributed by atoms with E-state index in [1.807, 2.05) is 41.5 Å². The zero-order chi connectivity index (χ0) is 31.1. The predicted molar refractivity (Wildman–Crippen MR) is 153 cm³/mol. The summed E-state index contributed by atoms with van der Waals surface area (Å²) in [5.74, 6) is -1.60. The third-order valence-electron chi connectivity index (χ3n) is 7.98. The molecule has 4 N–H and O–H groups in total. The van der Waals surface area contributed by atoms with E-state index in [1.165, 1.54) is 4.90 Å². The largest absolute Gasteiger partial charge is 0.370 e. The first-order valence-electron chi connectivity index (χ1n) is 14.4. The van der Waals surface area contributed by atoms with Gasteiger partial charge in [0, 0.05) is 24.5 Å². The molecule has 6 amide bonds. The van der Waals surface area contributed by atoms with Gasteiger partial charge in [0.15, 0.2) is 0 Å². The Labute approximate surface area is 243 Å². The van der Waals surface area contributed by atoms with Crippen molar-refractivity contribution in [3.8, 4) is 0 Å². The summed E-state index contributed by atoms with van der Waals surface area (Å²) < 4.78 is 6.09. The van der Waals surface area contributed by atoms with Gasteiger partial charge in [-0.1, -0.05) is 20.4 Å². The number of carbonyl (C=O) groups is 5. The summed E-state index contributed by atoms with van der Waals surface area (Å²) in [5.41, 5.74) is 1.41. The molecule has 41 heavy (non-hydrogen) atoms. The van der Waals surface area contributed by atoms with Gasteiger partial charge < -0.3 is 25.6 Å². The van der Waals surface area contributed by atoms with Crippen molar-refractivity contribution in [3.63, 3.8) is 0 Å². The number of hydrazine groups is 1. The van der Waals surface area contributed by atoms with E-state index in [2.05, 4.69) is 41.8 Å². The van der Waals surface area contributed by atoms with E-state index in [9.17, 15) is 24.0 Å². The van der Waals surface area contributed by atoms with Gasteiger partial charge in [-0.25, -0.2) is 9.80 Å². The Morgan fingerprint density at radius 3 is 2.34 bits per heavy atom.